The van der Waals surface area contributed by atoms with E-state index in [1.54, 1.807) is 0 Å². The average molecular weight is 281 g/mol. The van der Waals surface area contributed by atoms with Gasteiger partial charge in [0.2, 0.25) is 5.91 Å². The van der Waals surface area contributed by atoms with E-state index in [0.29, 0.717) is 12.5 Å². The van der Waals surface area contributed by atoms with Gasteiger partial charge in [0.1, 0.15) is 0 Å². The van der Waals surface area contributed by atoms with Gasteiger partial charge in [-0.2, -0.15) is 0 Å². The number of amides is 1. The van der Waals surface area contributed by atoms with Gasteiger partial charge in [-0.15, -0.1) is 0 Å². The second-order valence-electron chi connectivity index (χ2n) is 5.45. The Morgan fingerprint density at radius 1 is 1.37 bits per heavy atom. The van der Waals surface area contributed by atoms with E-state index in [4.69, 9.17) is 11.6 Å². The van der Waals surface area contributed by atoms with Crippen LogP contribution in [0.25, 0.3) is 0 Å². The summed E-state index contributed by atoms with van der Waals surface area (Å²) >= 11 is 6.03. The molecule has 4 heteroatoms. The zero-order valence-corrected chi connectivity index (χ0v) is 12.4. The van der Waals surface area contributed by atoms with E-state index in [0.717, 1.165) is 31.0 Å². The molecule has 0 spiro atoms. The number of rotatable bonds is 3. The summed E-state index contributed by atoms with van der Waals surface area (Å²) in [7, 11) is 3.85. The minimum absolute atomic E-state index is 0.231. The fourth-order valence-electron chi connectivity index (χ4n) is 2.59. The predicted octanol–water partition coefficient (Wildman–Crippen LogP) is 2.61. The summed E-state index contributed by atoms with van der Waals surface area (Å²) in [5.41, 5.74) is 1.30. The summed E-state index contributed by atoms with van der Waals surface area (Å²) < 4.78 is 0. The van der Waals surface area contributed by atoms with Crippen LogP contribution in [0.3, 0.4) is 0 Å². The minimum atomic E-state index is 0.231. The minimum Gasteiger partial charge on any atom is -0.342 e. The van der Waals surface area contributed by atoms with E-state index in [9.17, 15) is 4.79 Å². The molecule has 1 fully saturated rings. The smallest absolute Gasteiger partial charge is 0.236 e. The lowest BCUT2D eigenvalue weighted by atomic mass is 9.89. The summed E-state index contributed by atoms with van der Waals surface area (Å²) in [5, 5.41) is 0.795. The molecular formula is C15H21ClN2O. The molecule has 1 aromatic carbocycles. The van der Waals surface area contributed by atoms with Crippen molar-refractivity contribution < 1.29 is 4.79 Å². The maximum Gasteiger partial charge on any atom is 0.236 e. The Kier molecular flexibility index (Phi) is 4.83. The van der Waals surface area contributed by atoms with E-state index in [2.05, 4.69) is 6.07 Å². The number of carbonyl (C=O) groups excluding carboxylic acids is 1. The number of carbonyl (C=O) groups is 1. The third kappa shape index (κ3) is 3.95. The first kappa shape index (κ1) is 14.4. The molecule has 0 bridgehead atoms. The van der Waals surface area contributed by atoms with E-state index < -0.39 is 0 Å². The van der Waals surface area contributed by atoms with Crippen molar-refractivity contribution in [2.75, 3.05) is 33.7 Å². The van der Waals surface area contributed by atoms with E-state index in [-0.39, 0.29) is 5.91 Å². The first-order chi connectivity index (χ1) is 9.06. The molecule has 1 amide bonds. The molecule has 1 aliphatic heterocycles. The Labute approximate surface area is 120 Å². The molecular weight excluding hydrogens is 260 g/mol. The summed E-state index contributed by atoms with van der Waals surface area (Å²) in [5.74, 6) is 0.761. The number of likely N-dealkylation sites (N-methyl/N-ethyl adjacent to an activating group) is 1. The van der Waals surface area contributed by atoms with Crippen molar-refractivity contribution in [2.45, 2.75) is 18.8 Å². The molecule has 1 heterocycles. The van der Waals surface area contributed by atoms with Crippen molar-refractivity contribution in [1.82, 2.24) is 9.80 Å². The van der Waals surface area contributed by atoms with Crippen LogP contribution in [-0.4, -0.2) is 49.4 Å². The predicted molar refractivity (Wildman–Crippen MR) is 78.6 cm³/mol. The van der Waals surface area contributed by atoms with Crippen LogP contribution in [0.5, 0.6) is 0 Å². The van der Waals surface area contributed by atoms with Gasteiger partial charge in [-0.3, -0.25) is 4.79 Å². The number of hydrogen-bond donors (Lipinski definition) is 0. The molecule has 0 N–H and O–H groups in total. The molecule has 0 unspecified atom stereocenters. The van der Waals surface area contributed by atoms with Crippen molar-refractivity contribution in [3.05, 3.63) is 34.9 Å². The Morgan fingerprint density at radius 3 is 2.63 bits per heavy atom. The molecule has 2 rings (SSSR count). The molecule has 0 saturated carbocycles. The van der Waals surface area contributed by atoms with Crippen LogP contribution in [0.15, 0.2) is 24.3 Å². The summed E-state index contributed by atoms with van der Waals surface area (Å²) in [6.45, 7) is 2.20. The molecule has 104 valence electrons. The van der Waals surface area contributed by atoms with Crippen LogP contribution in [0.4, 0.5) is 0 Å². The second-order valence-corrected chi connectivity index (χ2v) is 5.88. The lowest BCUT2D eigenvalue weighted by Crippen LogP contribution is -2.42. The quantitative estimate of drug-likeness (QED) is 0.850. The second kappa shape index (κ2) is 6.40. The number of benzene rings is 1. The van der Waals surface area contributed by atoms with Gasteiger partial charge in [-0.1, -0.05) is 23.7 Å². The summed E-state index contributed by atoms with van der Waals surface area (Å²) in [4.78, 5) is 15.9. The highest BCUT2D eigenvalue weighted by Gasteiger charge is 2.23. The lowest BCUT2D eigenvalue weighted by Gasteiger charge is -2.33. The van der Waals surface area contributed by atoms with Gasteiger partial charge in [0.15, 0.2) is 0 Å². The van der Waals surface area contributed by atoms with Crippen molar-refractivity contribution in [1.29, 1.82) is 0 Å². The van der Waals surface area contributed by atoms with Gasteiger partial charge in [0.25, 0.3) is 0 Å². The van der Waals surface area contributed by atoms with Crippen molar-refractivity contribution >= 4 is 17.5 Å². The maximum absolute atomic E-state index is 12.0. The number of nitrogens with zero attached hydrogens (tertiary/aromatic N) is 2. The van der Waals surface area contributed by atoms with Crippen LogP contribution in [0, 0.1) is 0 Å². The van der Waals surface area contributed by atoms with E-state index >= 15 is 0 Å². The SMILES string of the molecule is CN(C)CC(=O)N1CCC(c2cccc(Cl)c2)CC1. The number of halogens is 1. The zero-order valence-electron chi connectivity index (χ0n) is 11.6. The Balaban J connectivity index is 1.90. The molecule has 0 atom stereocenters. The van der Waals surface area contributed by atoms with E-state index in [1.807, 2.05) is 42.1 Å². The highest BCUT2D eigenvalue weighted by atomic mass is 35.5. The first-order valence-corrected chi connectivity index (χ1v) is 7.12. The van der Waals surface area contributed by atoms with Gasteiger partial charge in [0, 0.05) is 18.1 Å². The molecule has 1 aromatic rings. The molecule has 19 heavy (non-hydrogen) atoms. The highest BCUT2D eigenvalue weighted by Crippen LogP contribution is 2.29. The number of likely N-dealkylation sites (tertiary alicyclic amines) is 1. The third-order valence-corrected chi connectivity index (χ3v) is 3.85. The average Bonchev–Trinajstić information content (AvgIpc) is 2.38. The third-order valence-electron chi connectivity index (χ3n) is 3.62. The fourth-order valence-corrected chi connectivity index (χ4v) is 2.79. The van der Waals surface area contributed by atoms with Gasteiger partial charge in [-0.25, -0.2) is 0 Å². The van der Waals surface area contributed by atoms with Crippen molar-refractivity contribution in [3.63, 3.8) is 0 Å². The largest absolute Gasteiger partial charge is 0.342 e. The zero-order chi connectivity index (χ0) is 13.8. The van der Waals surface area contributed by atoms with Crippen LogP contribution in [0.1, 0.15) is 24.3 Å². The topological polar surface area (TPSA) is 23.6 Å². The van der Waals surface area contributed by atoms with Gasteiger partial charge >= 0.3 is 0 Å². The normalized spacial score (nSPS) is 16.9. The number of piperidine rings is 1. The molecule has 1 saturated heterocycles. The van der Waals surface area contributed by atoms with Crippen molar-refractivity contribution in [2.24, 2.45) is 0 Å². The van der Waals surface area contributed by atoms with Crippen LogP contribution < -0.4 is 0 Å². The monoisotopic (exact) mass is 280 g/mol. The summed E-state index contributed by atoms with van der Waals surface area (Å²) in [6, 6.07) is 8.08. The molecule has 3 nitrogen and oxygen atoms in total. The van der Waals surface area contributed by atoms with Gasteiger partial charge in [-0.05, 0) is 50.6 Å². The Bertz CT molecular complexity index is 440. The van der Waals surface area contributed by atoms with E-state index in [1.165, 1.54) is 5.56 Å². The number of hydrogen-bond acceptors (Lipinski definition) is 2. The maximum atomic E-state index is 12.0. The lowest BCUT2D eigenvalue weighted by molar-refractivity contribution is -0.132. The first-order valence-electron chi connectivity index (χ1n) is 6.74. The Hall–Kier alpha value is -1.06. The summed E-state index contributed by atoms with van der Waals surface area (Å²) in [6.07, 6.45) is 2.05. The van der Waals surface area contributed by atoms with Crippen LogP contribution in [-0.2, 0) is 4.79 Å². The van der Waals surface area contributed by atoms with Crippen LogP contribution >= 0.6 is 11.6 Å². The van der Waals surface area contributed by atoms with Crippen molar-refractivity contribution in [3.8, 4) is 0 Å². The standard InChI is InChI=1S/C15H21ClN2O/c1-17(2)11-15(19)18-8-6-12(7-9-18)13-4-3-5-14(16)10-13/h3-5,10,12H,6-9,11H2,1-2H3. The van der Waals surface area contributed by atoms with Gasteiger partial charge < -0.3 is 9.80 Å². The van der Waals surface area contributed by atoms with Crippen LogP contribution in [0.2, 0.25) is 5.02 Å². The van der Waals surface area contributed by atoms with Gasteiger partial charge in [0.05, 0.1) is 6.54 Å². The molecule has 0 aromatic heterocycles. The molecule has 0 radical (unpaired) electrons. The molecule has 0 aliphatic carbocycles. The highest BCUT2D eigenvalue weighted by molar-refractivity contribution is 6.30. The fraction of sp³-hybridized carbons (Fsp3) is 0.533. The Morgan fingerprint density at radius 2 is 2.05 bits per heavy atom. The molecule has 1 aliphatic rings.